The highest BCUT2D eigenvalue weighted by Gasteiger charge is 2.28. The predicted octanol–water partition coefficient (Wildman–Crippen LogP) is 4.81. The van der Waals surface area contributed by atoms with Gasteiger partial charge in [-0.1, -0.05) is 57.5 Å². The fourth-order valence-corrected chi connectivity index (χ4v) is 2.18. The lowest BCUT2D eigenvalue weighted by Crippen LogP contribution is -2.31. The summed E-state index contributed by atoms with van der Waals surface area (Å²) in [7, 11) is 0. The van der Waals surface area contributed by atoms with Gasteiger partial charge in [0.05, 0.1) is 12.2 Å². The van der Waals surface area contributed by atoms with Crippen LogP contribution in [0, 0.1) is 5.41 Å². The largest absolute Gasteiger partial charge is 0.371 e. The monoisotopic (exact) mass is 234 g/mol. The summed E-state index contributed by atoms with van der Waals surface area (Å²) in [5, 5.41) is 0. The second-order valence-electron chi connectivity index (χ2n) is 6.23. The lowest BCUT2D eigenvalue weighted by atomic mass is 9.80. The quantitative estimate of drug-likeness (QED) is 0.686. The van der Waals surface area contributed by atoms with Gasteiger partial charge in [-0.2, -0.15) is 0 Å². The summed E-state index contributed by atoms with van der Waals surface area (Å²) in [6.07, 6.45) is 2.27. The molecular weight excluding hydrogens is 208 g/mol. The first-order valence-electron chi connectivity index (χ1n) is 6.52. The standard InChI is InChI=1S/C16H26O/c1-6-15(2,3)13-16(4,5)17-12-14-10-8-7-9-11-14/h7-11H,6,12-13H2,1-5H3. The van der Waals surface area contributed by atoms with E-state index in [1.807, 2.05) is 6.07 Å². The van der Waals surface area contributed by atoms with Crippen molar-refractivity contribution in [1.29, 1.82) is 0 Å². The molecule has 0 aliphatic rings. The molecule has 0 heterocycles. The number of ether oxygens (including phenoxy) is 1. The van der Waals surface area contributed by atoms with Crippen LogP contribution in [0.1, 0.15) is 53.0 Å². The normalized spacial score (nSPS) is 12.8. The average Bonchev–Trinajstić information content (AvgIpc) is 2.27. The average molecular weight is 234 g/mol. The van der Waals surface area contributed by atoms with E-state index in [2.05, 4.69) is 58.9 Å². The van der Waals surface area contributed by atoms with Gasteiger partial charge in [0.2, 0.25) is 0 Å². The van der Waals surface area contributed by atoms with Crippen LogP contribution in [0.2, 0.25) is 0 Å². The van der Waals surface area contributed by atoms with Crippen LogP contribution < -0.4 is 0 Å². The number of benzene rings is 1. The first-order valence-corrected chi connectivity index (χ1v) is 6.52. The van der Waals surface area contributed by atoms with E-state index in [1.54, 1.807) is 0 Å². The van der Waals surface area contributed by atoms with Crippen molar-refractivity contribution in [3.8, 4) is 0 Å². The van der Waals surface area contributed by atoms with E-state index in [-0.39, 0.29) is 5.60 Å². The Bertz CT molecular complexity index is 325. The van der Waals surface area contributed by atoms with Gasteiger partial charge in [-0.3, -0.25) is 0 Å². The highest BCUT2D eigenvalue weighted by Crippen LogP contribution is 2.33. The summed E-state index contributed by atoms with van der Waals surface area (Å²) in [5.74, 6) is 0. The van der Waals surface area contributed by atoms with Crippen molar-refractivity contribution in [2.45, 2.75) is 59.7 Å². The summed E-state index contributed by atoms with van der Waals surface area (Å²) in [4.78, 5) is 0. The van der Waals surface area contributed by atoms with Crippen molar-refractivity contribution in [1.82, 2.24) is 0 Å². The molecule has 1 heteroatoms. The van der Waals surface area contributed by atoms with Gasteiger partial charge in [0.1, 0.15) is 0 Å². The van der Waals surface area contributed by atoms with Crippen LogP contribution in [0.15, 0.2) is 30.3 Å². The molecular formula is C16H26O. The van der Waals surface area contributed by atoms with Crippen molar-refractivity contribution >= 4 is 0 Å². The lowest BCUT2D eigenvalue weighted by Gasteiger charge is -2.34. The molecule has 0 radical (unpaired) electrons. The Morgan fingerprint density at radius 1 is 1.00 bits per heavy atom. The van der Waals surface area contributed by atoms with Gasteiger partial charge in [-0.25, -0.2) is 0 Å². The number of rotatable bonds is 6. The van der Waals surface area contributed by atoms with Crippen LogP contribution in [0.25, 0.3) is 0 Å². The topological polar surface area (TPSA) is 9.23 Å². The first kappa shape index (κ1) is 14.2. The fourth-order valence-electron chi connectivity index (χ4n) is 2.18. The Labute approximate surface area is 106 Å². The lowest BCUT2D eigenvalue weighted by molar-refractivity contribution is -0.0567. The molecule has 0 unspecified atom stereocenters. The summed E-state index contributed by atoms with van der Waals surface area (Å²) in [6.45, 7) is 11.9. The maximum absolute atomic E-state index is 6.05. The molecule has 17 heavy (non-hydrogen) atoms. The summed E-state index contributed by atoms with van der Waals surface area (Å²) < 4.78 is 6.05. The zero-order valence-corrected chi connectivity index (χ0v) is 11.9. The zero-order valence-electron chi connectivity index (χ0n) is 11.9. The van der Waals surface area contributed by atoms with Crippen LogP contribution in [-0.4, -0.2) is 5.60 Å². The third-order valence-corrected chi connectivity index (χ3v) is 3.33. The molecule has 1 aromatic rings. The minimum Gasteiger partial charge on any atom is -0.371 e. The van der Waals surface area contributed by atoms with Gasteiger partial charge in [-0.05, 0) is 31.2 Å². The van der Waals surface area contributed by atoms with E-state index in [0.717, 1.165) is 6.42 Å². The Balaban J connectivity index is 2.50. The van der Waals surface area contributed by atoms with E-state index < -0.39 is 0 Å². The van der Waals surface area contributed by atoms with E-state index in [1.165, 1.54) is 12.0 Å². The maximum atomic E-state index is 6.05. The van der Waals surface area contributed by atoms with Gasteiger partial charge in [0.15, 0.2) is 0 Å². The van der Waals surface area contributed by atoms with Crippen LogP contribution in [0.3, 0.4) is 0 Å². The number of hydrogen-bond acceptors (Lipinski definition) is 1. The van der Waals surface area contributed by atoms with Crippen LogP contribution >= 0.6 is 0 Å². The molecule has 0 spiro atoms. The molecule has 1 aromatic carbocycles. The Morgan fingerprint density at radius 2 is 1.59 bits per heavy atom. The van der Waals surface area contributed by atoms with Crippen LogP contribution in [0.4, 0.5) is 0 Å². The molecule has 0 amide bonds. The molecule has 0 aliphatic carbocycles. The van der Waals surface area contributed by atoms with Gasteiger partial charge in [-0.15, -0.1) is 0 Å². The Hall–Kier alpha value is -0.820. The Kier molecular flexibility index (Phi) is 4.76. The molecule has 0 atom stereocenters. The Morgan fingerprint density at radius 3 is 2.12 bits per heavy atom. The van der Waals surface area contributed by atoms with E-state index in [9.17, 15) is 0 Å². The molecule has 1 rings (SSSR count). The molecule has 1 nitrogen and oxygen atoms in total. The van der Waals surface area contributed by atoms with Crippen molar-refractivity contribution in [2.24, 2.45) is 5.41 Å². The maximum Gasteiger partial charge on any atom is 0.0724 e. The van der Waals surface area contributed by atoms with Gasteiger partial charge < -0.3 is 4.74 Å². The highest BCUT2D eigenvalue weighted by molar-refractivity contribution is 5.13. The number of hydrogen-bond donors (Lipinski definition) is 0. The predicted molar refractivity (Wildman–Crippen MR) is 74.0 cm³/mol. The van der Waals surface area contributed by atoms with Crippen molar-refractivity contribution in [3.63, 3.8) is 0 Å². The molecule has 0 fully saturated rings. The SMILES string of the molecule is CCC(C)(C)CC(C)(C)OCc1ccccc1. The molecule has 0 saturated heterocycles. The third-order valence-electron chi connectivity index (χ3n) is 3.33. The van der Waals surface area contributed by atoms with E-state index in [0.29, 0.717) is 12.0 Å². The third kappa shape index (κ3) is 5.36. The van der Waals surface area contributed by atoms with E-state index in [4.69, 9.17) is 4.74 Å². The minimum atomic E-state index is -0.0602. The summed E-state index contributed by atoms with van der Waals surface area (Å²) in [5.41, 5.74) is 1.53. The second kappa shape index (κ2) is 5.68. The van der Waals surface area contributed by atoms with Crippen LogP contribution in [-0.2, 0) is 11.3 Å². The first-order chi connectivity index (χ1) is 7.85. The van der Waals surface area contributed by atoms with Crippen molar-refractivity contribution in [2.75, 3.05) is 0 Å². The fraction of sp³-hybridized carbons (Fsp3) is 0.625. The zero-order chi connectivity index (χ0) is 12.9. The molecule has 0 aliphatic heterocycles. The van der Waals surface area contributed by atoms with E-state index >= 15 is 0 Å². The molecule has 0 saturated carbocycles. The van der Waals surface area contributed by atoms with Crippen molar-refractivity contribution in [3.05, 3.63) is 35.9 Å². The molecule has 96 valence electrons. The summed E-state index contributed by atoms with van der Waals surface area (Å²) in [6, 6.07) is 10.4. The van der Waals surface area contributed by atoms with Gasteiger partial charge in [0.25, 0.3) is 0 Å². The van der Waals surface area contributed by atoms with Crippen LogP contribution in [0.5, 0.6) is 0 Å². The smallest absolute Gasteiger partial charge is 0.0724 e. The summed E-state index contributed by atoms with van der Waals surface area (Å²) >= 11 is 0. The minimum absolute atomic E-state index is 0.0602. The van der Waals surface area contributed by atoms with Gasteiger partial charge >= 0.3 is 0 Å². The van der Waals surface area contributed by atoms with Crippen molar-refractivity contribution < 1.29 is 4.74 Å². The molecule has 0 bridgehead atoms. The van der Waals surface area contributed by atoms with Gasteiger partial charge in [0, 0.05) is 0 Å². The molecule has 0 aromatic heterocycles. The second-order valence-corrected chi connectivity index (χ2v) is 6.23. The molecule has 0 N–H and O–H groups in total. The highest BCUT2D eigenvalue weighted by atomic mass is 16.5.